The van der Waals surface area contributed by atoms with Crippen LogP contribution in [0.15, 0.2) is 11.6 Å². The van der Waals surface area contributed by atoms with E-state index in [1.807, 2.05) is 6.92 Å². The molecule has 228 valence electrons. The molecule has 0 aromatic heterocycles. The normalized spacial score (nSPS) is 23.6. The molecule has 1 fully saturated rings. The van der Waals surface area contributed by atoms with Crippen LogP contribution in [0.3, 0.4) is 0 Å². The van der Waals surface area contributed by atoms with Crippen LogP contribution in [0.25, 0.3) is 0 Å². The number of aliphatic hydroxyl groups excluding tert-OH is 3. The number of ether oxygens (including phenoxy) is 2. The Kier molecular flexibility index (Phi) is 18.3. The van der Waals surface area contributed by atoms with Gasteiger partial charge in [0.05, 0.1) is 30.5 Å². The van der Waals surface area contributed by atoms with Crippen LogP contribution in [0.5, 0.6) is 0 Å². The van der Waals surface area contributed by atoms with Crippen LogP contribution >= 0.6 is 0 Å². The summed E-state index contributed by atoms with van der Waals surface area (Å²) >= 11 is 0. The van der Waals surface area contributed by atoms with Crippen LogP contribution < -0.4 is 0 Å². The number of hydrogen-bond donors (Lipinski definition) is 3. The number of carbonyl (C=O) groups is 1. The maximum atomic E-state index is 11.6. The quantitative estimate of drug-likeness (QED) is 0.0858. The molecule has 1 saturated heterocycles. The Balaban J connectivity index is 1.40. The van der Waals surface area contributed by atoms with Gasteiger partial charge in [-0.3, -0.25) is 0 Å². The fourth-order valence-corrected chi connectivity index (χ4v) is 6.05. The Morgan fingerprint density at radius 2 is 1.15 bits per heavy atom. The van der Waals surface area contributed by atoms with Gasteiger partial charge in [-0.25, -0.2) is 4.79 Å². The van der Waals surface area contributed by atoms with E-state index in [1.54, 1.807) is 6.08 Å². The van der Waals surface area contributed by atoms with E-state index >= 15 is 0 Å². The van der Waals surface area contributed by atoms with Gasteiger partial charge in [0.25, 0.3) is 0 Å². The van der Waals surface area contributed by atoms with Crippen molar-refractivity contribution in [1.29, 1.82) is 0 Å². The number of aliphatic hydroxyl groups is 3. The summed E-state index contributed by atoms with van der Waals surface area (Å²) in [5.41, 5.74) is 0.606. The first-order chi connectivity index (χ1) is 18.9. The molecule has 6 nitrogen and oxygen atoms in total. The molecule has 0 aromatic carbocycles. The largest absolute Gasteiger partial charge is 0.455 e. The highest BCUT2D eigenvalue weighted by Crippen LogP contribution is 2.28. The molecule has 0 aliphatic carbocycles. The van der Waals surface area contributed by atoms with Crippen LogP contribution in [0.4, 0.5) is 0 Å². The van der Waals surface area contributed by atoms with Gasteiger partial charge in [-0.2, -0.15) is 0 Å². The zero-order valence-corrected chi connectivity index (χ0v) is 25.2. The highest BCUT2D eigenvalue weighted by molar-refractivity contribution is 5.90. The lowest BCUT2D eigenvalue weighted by Gasteiger charge is -2.22. The maximum absolute atomic E-state index is 11.6. The maximum Gasteiger partial charge on any atom is 0.334 e. The zero-order chi connectivity index (χ0) is 28.3. The SMILES string of the molecule is CCCCCCCCCCCC[C@@H](O)[C@H]1CC[C@H]([C@H](O)CCCCCCCC[C@@H](O)CC2=C[C@H](C)OC2=O)O1. The molecule has 0 radical (unpaired) electrons. The molecule has 0 spiro atoms. The highest BCUT2D eigenvalue weighted by Gasteiger charge is 2.34. The number of rotatable bonds is 24. The fourth-order valence-electron chi connectivity index (χ4n) is 6.05. The molecule has 0 amide bonds. The Morgan fingerprint density at radius 1 is 0.718 bits per heavy atom. The van der Waals surface area contributed by atoms with E-state index in [9.17, 15) is 20.1 Å². The minimum atomic E-state index is -0.479. The summed E-state index contributed by atoms with van der Waals surface area (Å²) in [7, 11) is 0. The van der Waals surface area contributed by atoms with Gasteiger partial charge < -0.3 is 24.8 Å². The number of esters is 1. The van der Waals surface area contributed by atoms with E-state index in [1.165, 1.54) is 57.8 Å². The average molecular weight is 553 g/mol. The fraction of sp³-hybridized carbons (Fsp3) is 0.909. The van der Waals surface area contributed by atoms with Crippen molar-refractivity contribution in [3.05, 3.63) is 11.6 Å². The predicted octanol–water partition coefficient (Wildman–Crippen LogP) is 7.31. The molecule has 0 saturated carbocycles. The summed E-state index contributed by atoms with van der Waals surface area (Å²) in [6.45, 7) is 4.09. The Bertz CT molecular complexity index is 665. The highest BCUT2D eigenvalue weighted by atomic mass is 16.5. The van der Waals surface area contributed by atoms with E-state index in [-0.39, 0.29) is 24.3 Å². The first-order valence-corrected chi connectivity index (χ1v) is 16.5. The standard InChI is InChI=1S/C33H60O6/c1-3-4-5-6-7-8-9-10-14-17-20-29(35)31-22-23-32(39-31)30(36)21-18-15-12-11-13-16-19-28(34)25-27-24-26(2)38-33(27)37/h24,26,28-32,34-36H,3-23,25H2,1-2H3/t26-,28+,29+,30+,31+,32+/m0/s1. The van der Waals surface area contributed by atoms with Gasteiger partial charge in [0, 0.05) is 12.0 Å². The molecule has 2 rings (SSSR count). The third-order valence-corrected chi connectivity index (χ3v) is 8.53. The number of unbranched alkanes of at least 4 members (excludes halogenated alkanes) is 14. The first-order valence-electron chi connectivity index (χ1n) is 16.5. The molecule has 0 aromatic rings. The second-order valence-corrected chi connectivity index (χ2v) is 12.3. The van der Waals surface area contributed by atoms with E-state index in [0.29, 0.717) is 18.4 Å². The van der Waals surface area contributed by atoms with Crippen LogP contribution in [-0.4, -0.2) is 57.9 Å². The van der Waals surface area contributed by atoms with Gasteiger partial charge in [0.2, 0.25) is 0 Å². The lowest BCUT2D eigenvalue weighted by atomic mass is 9.99. The van der Waals surface area contributed by atoms with Crippen molar-refractivity contribution in [3.8, 4) is 0 Å². The van der Waals surface area contributed by atoms with Gasteiger partial charge in [-0.15, -0.1) is 0 Å². The van der Waals surface area contributed by atoms with Crippen LogP contribution in [0.2, 0.25) is 0 Å². The Morgan fingerprint density at radius 3 is 1.59 bits per heavy atom. The lowest BCUT2D eigenvalue weighted by molar-refractivity contribution is -0.139. The molecule has 6 atom stereocenters. The monoisotopic (exact) mass is 552 g/mol. The second-order valence-electron chi connectivity index (χ2n) is 12.3. The molecule has 6 heteroatoms. The molecular weight excluding hydrogens is 492 g/mol. The first kappa shape index (κ1) is 34.3. The van der Waals surface area contributed by atoms with Crippen molar-refractivity contribution in [2.75, 3.05) is 0 Å². The van der Waals surface area contributed by atoms with Gasteiger partial charge in [0.1, 0.15) is 6.10 Å². The third kappa shape index (κ3) is 15.0. The van der Waals surface area contributed by atoms with Crippen molar-refractivity contribution in [2.45, 2.75) is 192 Å². The molecule has 2 aliphatic rings. The van der Waals surface area contributed by atoms with Gasteiger partial charge in [-0.1, -0.05) is 110 Å². The molecule has 0 unspecified atom stereocenters. The summed E-state index contributed by atoms with van der Waals surface area (Å²) in [4.78, 5) is 11.6. The van der Waals surface area contributed by atoms with Crippen molar-refractivity contribution in [1.82, 2.24) is 0 Å². The summed E-state index contributed by atoms with van der Waals surface area (Å²) < 4.78 is 11.1. The summed E-state index contributed by atoms with van der Waals surface area (Å²) in [6, 6.07) is 0. The van der Waals surface area contributed by atoms with Gasteiger partial charge in [0.15, 0.2) is 0 Å². The van der Waals surface area contributed by atoms with E-state index < -0.39 is 18.3 Å². The number of cyclic esters (lactones) is 1. The van der Waals surface area contributed by atoms with E-state index in [0.717, 1.165) is 70.6 Å². The van der Waals surface area contributed by atoms with Crippen molar-refractivity contribution < 1.29 is 29.6 Å². The molecule has 2 aliphatic heterocycles. The summed E-state index contributed by atoms with van der Waals surface area (Å²) in [5, 5.41) is 31.3. The second kappa shape index (κ2) is 20.9. The minimum Gasteiger partial charge on any atom is -0.455 e. The van der Waals surface area contributed by atoms with Crippen molar-refractivity contribution in [3.63, 3.8) is 0 Å². The average Bonchev–Trinajstić information content (AvgIpc) is 3.53. The van der Waals surface area contributed by atoms with Crippen molar-refractivity contribution in [2.24, 2.45) is 0 Å². The van der Waals surface area contributed by atoms with Crippen LogP contribution in [0.1, 0.15) is 155 Å². The smallest absolute Gasteiger partial charge is 0.334 e. The minimum absolute atomic E-state index is 0.113. The Labute approximate surface area is 238 Å². The van der Waals surface area contributed by atoms with Crippen LogP contribution in [-0.2, 0) is 14.3 Å². The van der Waals surface area contributed by atoms with Gasteiger partial charge >= 0.3 is 5.97 Å². The molecule has 0 bridgehead atoms. The summed E-state index contributed by atoms with van der Waals surface area (Å²) in [6.07, 6.45) is 23.8. The lowest BCUT2D eigenvalue weighted by Crippen LogP contribution is -2.31. The van der Waals surface area contributed by atoms with E-state index in [2.05, 4.69) is 6.92 Å². The number of carbonyl (C=O) groups excluding carboxylic acids is 1. The number of hydrogen-bond acceptors (Lipinski definition) is 6. The Hall–Kier alpha value is -0.950. The van der Waals surface area contributed by atoms with E-state index in [4.69, 9.17) is 9.47 Å². The summed E-state index contributed by atoms with van der Waals surface area (Å²) in [5.74, 6) is -0.289. The predicted molar refractivity (Wildman–Crippen MR) is 158 cm³/mol. The zero-order valence-electron chi connectivity index (χ0n) is 25.2. The molecule has 3 N–H and O–H groups in total. The van der Waals surface area contributed by atoms with Crippen LogP contribution in [0, 0.1) is 0 Å². The topological polar surface area (TPSA) is 96.2 Å². The van der Waals surface area contributed by atoms with Crippen molar-refractivity contribution >= 4 is 5.97 Å². The van der Waals surface area contributed by atoms with Gasteiger partial charge in [-0.05, 0) is 45.1 Å². The molecular formula is C33H60O6. The molecule has 2 heterocycles. The third-order valence-electron chi connectivity index (χ3n) is 8.53. The molecule has 39 heavy (non-hydrogen) atoms.